The molecule has 1 N–H and O–H groups in total. The Kier molecular flexibility index (Phi) is 6.02. The highest BCUT2D eigenvalue weighted by Gasteiger charge is 2.18. The molecule has 9 nitrogen and oxygen atoms in total. The third-order valence-electron chi connectivity index (χ3n) is 3.76. The molecule has 9 heteroatoms. The molecule has 2 aromatic rings. The predicted molar refractivity (Wildman–Crippen MR) is 93.4 cm³/mol. The molecule has 2 heterocycles. The normalized spacial score (nSPS) is 11.2. The first-order chi connectivity index (χ1) is 11.5. The smallest absolute Gasteiger partial charge is 0.341 e. The van der Waals surface area contributed by atoms with Crippen molar-refractivity contribution in [3.63, 3.8) is 0 Å². The lowest BCUT2D eigenvalue weighted by Crippen LogP contribution is -2.32. The van der Waals surface area contributed by atoms with Gasteiger partial charge in [-0.05, 0) is 47.8 Å². The Hall–Kier alpha value is -2.29. The molecular formula is C15H26N8O. The Labute approximate surface area is 142 Å². The van der Waals surface area contributed by atoms with Crippen LogP contribution in [0.4, 0.5) is 10.7 Å². The van der Waals surface area contributed by atoms with Gasteiger partial charge in [-0.2, -0.15) is 4.98 Å². The summed E-state index contributed by atoms with van der Waals surface area (Å²) in [5.41, 5.74) is 1.71. The topological polar surface area (TPSA) is 92.1 Å². The summed E-state index contributed by atoms with van der Waals surface area (Å²) in [4.78, 5) is 25.4. The number of aryl methyl sites for hydroxylation is 1. The fourth-order valence-corrected chi connectivity index (χ4v) is 2.38. The summed E-state index contributed by atoms with van der Waals surface area (Å²) in [6, 6.07) is -0.320. The lowest BCUT2D eigenvalue weighted by atomic mass is 10.4. The summed E-state index contributed by atoms with van der Waals surface area (Å²) in [6.45, 7) is 9.00. The SMILES string of the molecule is CCN(CC)c1nc(C)c2nnn(C(=O)NCCCN(C)C)c2n1. The Morgan fingerprint density at radius 2 is 1.92 bits per heavy atom. The van der Waals surface area contributed by atoms with Crippen molar-refractivity contribution in [3.8, 4) is 0 Å². The van der Waals surface area contributed by atoms with Crippen molar-refractivity contribution in [1.82, 2.24) is 35.2 Å². The number of rotatable bonds is 7. The Morgan fingerprint density at radius 3 is 2.54 bits per heavy atom. The Balaban J connectivity index is 2.22. The van der Waals surface area contributed by atoms with Gasteiger partial charge in [0.15, 0.2) is 11.2 Å². The molecule has 0 saturated heterocycles. The summed E-state index contributed by atoms with van der Waals surface area (Å²) in [5, 5.41) is 10.8. The van der Waals surface area contributed by atoms with E-state index in [4.69, 9.17) is 0 Å². The van der Waals surface area contributed by atoms with E-state index in [1.165, 1.54) is 4.68 Å². The molecule has 0 aliphatic carbocycles. The van der Waals surface area contributed by atoms with Crippen LogP contribution in [0, 0.1) is 6.92 Å². The largest absolute Gasteiger partial charge is 0.345 e. The van der Waals surface area contributed by atoms with Gasteiger partial charge < -0.3 is 15.1 Å². The molecule has 0 saturated carbocycles. The Morgan fingerprint density at radius 1 is 1.21 bits per heavy atom. The molecule has 0 radical (unpaired) electrons. The van der Waals surface area contributed by atoms with Crippen LogP contribution < -0.4 is 10.2 Å². The molecule has 0 aliphatic heterocycles. The third kappa shape index (κ3) is 3.97. The van der Waals surface area contributed by atoms with Crippen molar-refractivity contribution >= 4 is 23.1 Å². The van der Waals surface area contributed by atoms with Crippen molar-refractivity contribution in [2.45, 2.75) is 27.2 Å². The number of fused-ring (bicyclic) bond motifs is 1. The van der Waals surface area contributed by atoms with Gasteiger partial charge >= 0.3 is 6.03 Å². The molecule has 0 atom stereocenters. The lowest BCUT2D eigenvalue weighted by Gasteiger charge is -2.18. The number of hydrogen-bond acceptors (Lipinski definition) is 7. The number of hydrogen-bond donors (Lipinski definition) is 1. The fraction of sp³-hybridized carbons (Fsp3) is 0.667. The van der Waals surface area contributed by atoms with Crippen LogP contribution >= 0.6 is 0 Å². The molecule has 2 aromatic heterocycles. The first kappa shape index (κ1) is 18.1. The maximum absolute atomic E-state index is 12.4. The monoisotopic (exact) mass is 334 g/mol. The van der Waals surface area contributed by atoms with E-state index in [2.05, 4.69) is 30.5 Å². The molecule has 2 rings (SSSR count). The highest BCUT2D eigenvalue weighted by Crippen LogP contribution is 2.16. The van der Waals surface area contributed by atoms with Crippen LogP contribution in [-0.2, 0) is 0 Å². The van der Waals surface area contributed by atoms with Crippen molar-refractivity contribution in [2.75, 3.05) is 45.2 Å². The number of carbonyl (C=O) groups excluding carboxylic acids is 1. The molecule has 0 fully saturated rings. The van der Waals surface area contributed by atoms with Crippen molar-refractivity contribution in [2.24, 2.45) is 0 Å². The van der Waals surface area contributed by atoms with Crippen molar-refractivity contribution in [3.05, 3.63) is 5.69 Å². The second-order valence-electron chi connectivity index (χ2n) is 5.84. The van der Waals surface area contributed by atoms with Crippen LogP contribution in [0.2, 0.25) is 0 Å². The van der Waals surface area contributed by atoms with Gasteiger partial charge in [0.25, 0.3) is 0 Å². The summed E-state index contributed by atoms with van der Waals surface area (Å²) in [6.07, 6.45) is 0.865. The zero-order chi connectivity index (χ0) is 17.7. The standard InChI is InChI=1S/C15H26N8O/c1-6-22(7-2)14-17-11(3)12-13(18-14)23(20-19-12)15(24)16-9-8-10-21(4)5/h6-10H2,1-5H3,(H,16,24). The zero-order valence-corrected chi connectivity index (χ0v) is 15.1. The molecule has 0 aliphatic rings. The van der Waals surface area contributed by atoms with Crippen LogP contribution in [0.3, 0.4) is 0 Å². The number of aromatic nitrogens is 5. The van der Waals surface area contributed by atoms with E-state index < -0.39 is 0 Å². The number of nitrogens with zero attached hydrogens (tertiary/aromatic N) is 7. The molecule has 0 spiro atoms. The van der Waals surface area contributed by atoms with Gasteiger partial charge in [0.2, 0.25) is 5.95 Å². The number of carbonyl (C=O) groups is 1. The fourth-order valence-electron chi connectivity index (χ4n) is 2.38. The van der Waals surface area contributed by atoms with Crippen molar-refractivity contribution < 1.29 is 4.79 Å². The molecule has 0 bridgehead atoms. The first-order valence-corrected chi connectivity index (χ1v) is 8.25. The number of amides is 1. The third-order valence-corrected chi connectivity index (χ3v) is 3.76. The van der Waals surface area contributed by atoms with Gasteiger partial charge in [0, 0.05) is 19.6 Å². The quantitative estimate of drug-likeness (QED) is 0.752. The van der Waals surface area contributed by atoms with E-state index in [0.717, 1.165) is 26.1 Å². The minimum absolute atomic E-state index is 0.320. The molecule has 24 heavy (non-hydrogen) atoms. The van der Waals surface area contributed by atoms with Gasteiger partial charge in [-0.1, -0.05) is 5.21 Å². The molecule has 0 unspecified atom stereocenters. The summed E-state index contributed by atoms with van der Waals surface area (Å²) < 4.78 is 1.21. The second kappa shape index (κ2) is 8.00. The average molecular weight is 334 g/mol. The predicted octanol–water partition coefficient (Wildman–Crippen LogP) is 0.885. The van der Waals surface area contributed by atoms with Crippen LogP contribution in [0.15, 0.2) is 0 Å². The van der Waals surface area contributed by atoms with Gasteiger partial charge in [-0.15, -0.1) is 9.78 Å². The molecule has 0 aromatic carbocycles. The van der Waals surface area contributed by atoms with Gasteiger partial charge in [0.1, 0.15) is 0 Å². The van der Waals surface area contributed by atoms with Crippen molar-refractivity contribution in [1.29, 1.82) is 0 Å². The van der Waals surface area contributed by atoms with Crippen LogP contribution in [0.1, 0.15) is 26.0 Å². The zero-order valence-electron chi connectivity index (χ0n) is 15.1. The number of nitrogens with one attached hydrogen (secondary N) is 1. The average Bonchev–Trinajstić information content (AvgIpc) is 2.97. The van der Waals surface area contributed by atoms with Crippen LogP contribution in [0.5, 0.6) is 0 Å². The molecular weight excluding hydrogens is 308 g/mol. The summed E-state index contributed by atoms with van der Waals surface area (Å²) in [5.74, 6) is 0.592. The van der Waals surface area contributed by atoms with E-state index in [0.29, 0.717) is 29.4 Å². The Bertz CT molecular complexity index is 692. The lowest BCUT2D eigenvalue weighted by molar-refractivity contribution is 0.239. The maximum Gasteiger partial charge on any atom is 0.345 e. The maximum atomic E-state index is 12.4. The van der Waals surface area contributed by atoms with Gasteiger partial charge in [0.05, 0.1) is 5.69 Å². The highest BCUT2D eigenvalue weighted by atomic mass is 16.2. The minimum atomic E-state index is -0.320. The number of anilines is 1. The summed E-state index contributed by atoms with van der Waals surface area (Å²) in [7, 11) is 4.00. The van der Waals surface area contributed by atoms with E-state index in [1.54, 1.807) is 0 Å². The first-order valence-electron chi connectivity index (χ1n) is 8.25. The molecule has 132 valence electrons. The van der Waals surface area contributed by atoms with Gasteiger partial charge in [-0.25, -0.2) is 9.78 Å². The van der Waals surface area contributed by atoms with E-state index in [-0.39, 0.29) is 6.03 Å². The highest BCUT2D eigenvalue weighted by molar-refractivity contribution is 5.86. The summed E-state index contributed by atoms with van der Waals surface area (Å²) >= 11 is 0. The second-order valence-corrected chi connectivity index (χ2v) is 5.84. The minimum Gasteiger partial charge on any atom is -0.341 e. The van der Waals surface area contributed by atoms with Gasteiger partial charge in [-0.3, -0.25) is 0 Å². The van der Waals surface area contributed by atoms with E-state index in [9.17, 15) is 4.79 Å². The van der Waals surface area contributed by atoms with E-state index >= 15 is 0 Å². The van der Waals surface area contributed by atoms with Crippen LogP contribution in [-0.4, -0.2) is 76.2 Å². The van der Waals surface area contributed by atoms with Crippen LogP contribution in [0.25, 0.3) is 11.2 Å². The molecule has 1 amide bonds. The van der Waals surface area contributed by atoms with E-state index in [1.807, 2.05) is 39.8 Å².